The summed E-state index contributed by atoms with van der Waals surface area (Å²) in [5.41, 5.74) is 5.24. The zero-order valence-corrected chi connectivity index (χ0v) is 20.6. The number of benzene rings is 3. The molecular weight excluding hydrogens is 508 g/mol. The number of hydrogen-bond donors (Lipinski definition) is 2. The number of hydrogen-bond acceptors (Lipinski definition) is 3. The van der Waals surface area contributed by atoms with Gasteiger partial charge < -0.3 is 15.0 Å². The maximum absolute atomic E-state index is 11.0. The molecule has 0 amide bonds. The molecule has 0 spiro atoms. The number of aromatic nitrogens is 1. The van der Waals surface area contributed by atoms with Gasteiger partial charge in [0.1, 0.15) is 0 Å². The zero-order valence-electron chi connectivity index (χ0n) is 17.4. The molecule has 0 aliphatic carbocycles. The summed E-state index contributed by atoms with van der Waals surface area (Å²) >= 11 is 14.9. The Morgan fingerprint density at radius 3 is 2.47 bits per heavy atom. The number of azo groups is 1. The second kappa shape index (κ2) is 9.40. The fraction of sp³-hybridized carbons (Fsp3) is 0.125. The Labute approximate surface area is 204 Å². The van der Waals surface area contributed by atoms with E-state index in [2.05, 4.69) is 31.5 Å². The molecule has 0 saturated carbocycles. The number of aromatic hydroxyl groups is 1. The van der Waals surface area contributed by atoms with Crippen molar-refractivity contribution in [3.8, 4) is 5.88 Å². The first-order valence-electron chi connectivity index (χ1n) is 9.87. The van der Waals surface area contributed by atoms with E-state index in [0.717, 1.165) is 37.8 Å². The highest BCUT2D eigenvalue weighted by atomic mass is 79.9. The first kappa shape index (κ1) is 22.5. The first-order chi connectivity index (χ1) is 15.3. The average Bonchev–Trinajstić information content (AvgIpc) is 3.01. The lowest BCUT2D eigenvalue weighted by Crippen LogP contribution is -2.07. The van der Waals surface area contributed by atoms with Crippen LogP contribution in [-0.2, 0) is 6.54 Å². The molecule has 4 rings (SSSR count). The summed E-state index contributed by atoms with van der Waals surface area (Å²) in [6, 6.07) is 19.3. The Balaban J connectivity index is 1.69. The van der Waals surface area contributed by atoms with Crippen molar-refractivity contribution in [3.05, 3.63) is 86.8 Å². The van der Waals surface area contributed by atoms with E-state index < -0.39 is 0 Å². The van der Waals surface area contributed by atoms with E-state index in [-0.39, 0.29) is 11.0 Å². The van der Waals surface area contributed by atoms with E-state index in [9.17, 15) is 5.11 Å². The van der Waals surface area contributed by atoms with E-state index >= 15 is 0 Å². The fourth-order valence-corrected chi connectivity index (χ4v) is 4.20. The molecule has 4 aromatic rings. The molecule has 162 valence electrons. The van der Waals surface area contributed by atoms with Crippen molar-refractivity contribution in [2.24, 2.45) is 10.2 Å². The molecule has 0 aliphatic heterocycles. The maximum atomic E-state index is 11.0. The number of nitrogens with zero attached hydrogens (tertiary/aromatic N) is 3. The van der Waals surface area contributed by atoms with E-state index in [1.165, 1.54) is 0 Å². The number of halogens is 2. The highest BCUT2D eigenvalue weighted by Crippen LogP contribution is 2.40. The lowest BCUT2D eigenvalue weighted by molar-refractivity contribution is 0.429. The summed E-state index contributed by atoms with van der Waals surface area (Å²) in [5, 5.41) is 24.3. The van der Waals surface area contributed by atoms with E-state index in [1.54, 1.807) is 4.57 Å². The smallest absolute Gasteiger partial charge is 0.221 e. The normalized spacial score (nSPS) is 11.4. The number of para-hydroxylation sites is 1. The Bertz CT molecular complexity index is 1330. The molecule has 0 radical (unpaired) electrons. The molecule has 1 aromatic heterocycles. The molecule has 0 bridgehead atoms. The third-order valence-corrected chi connectivity index (χ3v) is 6.11. The second-order valence-corrected chi connectivity index (χ2v) is 9.18. The van der Waals surface area contributed by atoms with Crippen molar-refractivity contribution in [2.45, 2.75) is 20.4 Å². The lowest BCUT2D eigenvalue weighted by Gasteiger charge is -2.10. The average molecular weight is 528 g/mol. The number of rotatable bonds is 4. The highest BCUT2D eigenvalue weighted by molar-refractivity contribution is 9.10. The van der Waals surface area contributed by atoms with Gasteiger partial charge in [0.05, 0.1) is 12.1 Å². The van der Waals surface area contributed by atoms with Crippen LogP contribution in [0.2, 0.25) is 5.02 Å². The summed E-state index contributed by atoms with van der Waals surface area (Å²) in [4.78, 5) is 0. The van der Waals surface area contributed by atoms with Crippen LogP contribution in [0.4, 0.5) is 11.4 Å². The third kappa shape index (κ3) is 4.70. The van der Waals surface area contributed by atoms with Gasteiger partial charge in [-0.3, -0.25) is 0 Å². The molecule has 8 heteroatoms. The molecule has 0 aliphatic rings. The number of nitrogens with one attached hydrogen (secondary N) is 1. The molecule has 0 saturated heterocycles. The van der Waals surface area contributed by atoms with Gasteiger partial charge in [0.25, 0.3) is 0 Å². The number of thiocarbonyl (C=S) groups is 1. The number of anilines is 1. The van der Waals surface area contributed by atoms with Crippen molar-refractivity contribution in [1.29, 1.82) is 0 Å². The summed E-state index contributed by atoms with van der Waals surface area (Å²) < 4.78 is 2.67. The lowest BCUT2D eigenvalue weighted by atomic mass is 10.1. The van der Waals surface area contributed by atoms with Gasteiger partial charge in [-0.2, -0.15) is 0 Å². The summed E-state index contributed by atoms with van der Waals surface area (Å²) in [6.45, 7) is 4.47. The van der Waals surface area contributed by atoms with Crippen LogP contribution in [0.3, 0.4) is 0 Å². The SMILES string of the molecule is Cc1cccc(C)c1NC(=S)N=Nc1c(O)n(Cc2ccc(Cl)cc2)c2ccc(Br)cc12. The highest BCUT2D eigenvalue weighted by Gasteiger charge is 2.18. The topological polar surface area (TPSA) is 61.9 Å². The van der Waals surface area contributed by atoms with Crippen LogP contribution in [0.1, 0.15) is 16.7 Å². The Kier molecular flexibility index (Phi) is 6.60. The van der Waals surface area contributed by atoms with Crippen LogP contribution < -0.4 is 5.32 Å². The van der Waals surface area contributed by atoms with Gasteiger partial charge in [0, 0.05) is 20.6 Å². The standard InChI is InChI=1S/C24H20BrClN4OS/c1-14-4-3-5-15(2)21(14)27-24(32)29-28-22-19-12-17(25)8-11-20(19)30(23(22)31)13-16-6-9-18(26)10-7-16/h3-12,31H,13H2,1-2H3,(H,27,32). The van der Waals surface area contributed by atoms with Gasteiger partial charge in [-0.1, -0.05) is 57.9 Å². The van der Waals surface area contributed by atoms with Gasteiger partial charge >= 0.3 is 0 Å². The predicted octanol–water partition coefficient (Wildman–Crippen LogP) is 7.91. The summed E-state index contributed by atoms with van der Waals surface area (Å²) in [6.07, 6.45) is 0. The van der Waals surface area contributed by atoms with Crippen molar-refractivity contribution >= 4 is 67.1 Å². The molecule has 2 N–H and O–H groups in total. The van der Waals surface area contributed by atoms with Gasteiger partial charge in [-0.15, -0.1) is 10.2 Å². The minimum Gasteiger partial charge on any atom is -0.493 e. The van der Waals surface area contributed by atoms with Crippen LogP contribution in [0.5, 0.6) is 5.88 Å². The molecule has 0 atom stereocenters. The Morgan fingerprint density at radius 2 is 1.78 bits per heavy atom. The molecule has 5 nitrogen and oxygen atoms in total. The number of aryl methyl sites for hydroxylation is 2. The largest absolute Gasteiger partial charge is 0.493 e. The summed E-state index contributed by atoms with van der Waals surface area (Å²) in [7, 11) is 0. The summed E-state index contributed by atoms with van der Waals surface area (Å²) in [5.74, 6) is 0.0201. The van der Waals surface area contributed by atoms with Gasteiger partial charge in [0.15, 0.2) is 5.69 Å². The quantitative estimate of drug-likeness (QED) is 0.209. The minimum absolute atomic E-state index is 0.0201. The minimum atomic E-state index is 0.0201. The first-order valence-corrected chi connectivity index (χ1v) is 11.5. The van der Waals surface area contributed by atoms with Crippen molar-refractivity contribution in [3.63, 3.8) is 0 Å². The molecule has 32 heavy (non-hydrogen) atoms. The van der Waals surface area contributed by atoms with Gasteiger partial charge in [0.2, 0.25) is 11.0 Å². The van der Waals surface area contributed by atoms with Crippen LogP contribution in [-0.4, -0.2) is 14.8 Å². The van der Waals surface area contributed by atoms with Crippen LogP contribution in [0, 0.1) is 13.8 Å². The maximum Gasteiger partial charge on any atom is 0.221 e. The van der Waals surface area contributed by atoms with E-state index in [4.69, 9.17) is 23.8 Å². The third-order valence-electron chi connectivity index (χ3n) is 5.18. The fourth-order valence-electron chi connectivity index (χ4n) is 3.57. The van der Waals surface area contributed by atoms with Crippen molar-refractivity contribution in [1.82, 2.24) is 4.57 Å². The Hall–Kier alpha value is -2.74. The van der Waals surface area contributed by atoms with Crippen molar-refractivity contribution < 1.29 is 5.11 Å². The molecule has 0 fully saturated rings. The molecule has 1 heterocycles. The van der Waals surface area contributed by atoms with E-state index in [1.807, 2.05) is 74.5 Å². The zero-order chi connectivity index (χ0) is 22.8. The van der Waals surface area contributed by atoms with Crippen LogP contribution >= 0.6 is 39.7 Å². The predicted molar refractivity (Wildman–Crippen MR) is 139 cm³/mol. The van der Waals surface area contributed by atoms with E-state index in [0.29, 0.717) is 17.3 Å². The van der Waals surface area contributed by atoms with Crippen molar-refractivity contribution in [2.75, 3.05) is 5.32 Å². The molecular formula is C24H20BrClN4OS. The Morgan fingerprint density at radius 1 is 1.09 bits per heavy atom. The second-order valence-electron chi connectivity index (χ2n) is 7.44. The van der Waals surface area contributed by atoms with Crippen LogP contribution in [0.25, 0.3) is 10.9 Å². The number of fused-ring (bicyclic) bond motifs is 1. The van der Waals surface area contributed by atoms with Gasteiger partial charge in [-0.25, -0.2) is 0 Å². The molecule has 0 unspecified atom stereocenters. The van der Waals surface area contributed by atoms with Gasteiger partial charge in [-0.05, 0) is 73.1 Å². The monoisotopic (exact) mass is 526 g/mol. The molecule has 3 aromatic carbocycles. The van der Waals surface area contributed by atoms with Crippen LogP contribution in [0.15, 0.2) is 75.4 Å².